The highest BCUT2D eigenvalue weighted by molar-refractivity contribution is 5.82. The number of likely N-dealkylation sites (tertiary alicyclic amines) is 1. The fourth-order valence-electron chi connectivity index (χ4n) is 4.48. The molecule has 1 aliphatic carbocycles. The van der Waals surface area contributed by atoms with Crippen molar-refractivity contribution in [3.05, 3.63) is 0 Å². The molecule has 2 saturated heterocycles. The molecule has 126 valence electrons. The maximum Gasteiger partial charge on any atom is 0.240 e. The molecule has 3 unspecified atom stereocenters. The summed E-state index contributed by atoms with van der Waals surface area (Å²) in [6.45, 7) is 7.71. The topological polar surface area (TPSA) is 47.0 Å². The maximum absolute atomic E-state index is 12.8. The average Bonchev–Trinajstić information content (AvgIpc) is 3.00. The number of hydrogen-bond acceptors (Lipinski definition) is 4. The predicted molar refractivity (Wildman–Crippen MR) is 86.7 cm³/mol. The van der Waals surface area contributed by atoms with E-state index in [4.69, 9.17) is 0 Å². The summed E-state index contributed by atoms with van der Waals surface area (Å²) in [5.74, 6) is 0.341. The Morgan fingerprint density at radius 2 is 1.77 bits per heavy atom. The lowest BCUT2D eigenvalue weighted by molar-refractivity contribution is -0.140. The number of carbonyl (C=O) groups excluding carboxylic acids is 1. The normalized spacial score (nSPS) is 35.0. The minimum Gasteiger partial charge on any atom is -0.391 e. The number of aliphatic hydroxyl groups is 1. The average molecular weight is 309 g/mol. The number of piperazine rings is 1. The van der Waals surface area contributed by atoms with Crippen molar-refractivity contribution in [2.75, 3.05) is 39.3 Å². The van der Waals surface area contributed by atoms with E-state index in [1.54, 1.807) is 0 Å². The Labute approximate surface area is 134 Å². The van der Waals surface area contributed by atoms with E-state index >= 15 is 0 Å². The summed E-state index contributed by atoms with van der Waals surface area (Å²) in [7, 11) is 0. The van der Waals surface area contributed by atoms with Gasteiger partial charge in [0.15, 0.2) is 0 Å². The van der Waals surface area contributed by atoms with Crippen LogP contribution in [0.1, 0.15) is 45.4 Å². The highest BCUT2D eigenvalue weighted by Crippen LogP contribution is 2.26. The molecule has 0 spiro atoms. The summed E-state index contributed by atoms with van der Waals surface area (Å²) in [4.78, 5) is 19.6. The SMILES string of the molecule is CCN1CCCCC1C(=O)N1CCN(C2CCCC2O)CC1. The maximum atomic E-state index is 12.8. The first-order valence-corrected chi connectivity index (χ1v) is 9.15. The highest BCUT2D eigenvalue weighted by Gasteiger charge is 2.36. The monoisotopic (exact) mass is 309 g/mol. The lowest BCUT2D eigenvalue weighted by Crippen LogP contribution is -2.58. The molecule has 1 N–H and O–H groups in total. The van der Waals surface area contributed by atoms with Crippen LogP contribution in [0.4, 0.5) is 0 Å². The van der Waals surface area contributed by atoms with Crippen molar-refractivity contribution in [3.63, 3.8) is 0 Å². The molecule has 2 aliphatic heterocycles. The lowest BCUT2D eigenvalue weighted by atomic mass is 10.0. The van der Waals surface area contributed by atoms with Crippen LogP contribution in [0.25, 0.3) is 0 Å². The summed E-state index contributed by atoms with van der Waals surface area (Å²) >= 11 is 0. The van der Waals surface area contributed by atoms with Crippen molar-refractivity contribution in [1.82, 2.24) is 14.7 Å². The molecule has 3 atom stereocenters. The summed E-state index contributed by atoms with van der Waals surface area (Å²) in [6, 6.07) is 0.446. The first kappa shape index (κ1) is 16.2. The zero-order chi connectivity index (χ0) is 15.5. The van der Waals surface area contributed by atoms with Gasteiger partial charge in [-0.05, 0) is 45.2 Å². The van der Waals surface area contributed by atoms with Gasteiger partial charge in [0.05, 0.1) is 12.1 Å². The van der Waals surface area contributed by atoms with Gasteiger partial charge in [-0.1, -0.05) is 13.3 Å². The van der Waals surface area contributed by atoms with Gasteiger partial charge in [-0.15, -0.1) is 0 Å². The van der Waals surface area contributed by atoms with Gasteiger partial charge in [0, 0.05) is 32.2 Å². The Morgan fingerprint density at radius 1 is 1.00 bits per heavy atom. The fraction of sp³-hybridized carbons (Fsp3) is 0.941. The molecule has 3 rings (SSSR count). The van der Waals surface area contributed by atoms with Gasteiger partial charge >= 0.3 is 0 Å². The zero-order valence-corrected chi connectivity index (χ0v) is 13.9. The Kier molecular flexibility index (Phi) is 5.37. The second kappa shape index (κ2) is 7.28. The highest BCUT2D eigenvalue weighted by atomic mass is 16.3. The Bertz CT molecular complexity index is 382. The van der Waals surface area contributed by atoms with E-state index in [1.165, 1.54) is 12.8 Å². The van der Waals surface area contributed by atoms with Gasteiger partial charge in [-0.25, -0.2) is 0 Å². The molecule has 0 bridgehead atoms. The molecule has 0 aromatic rings. The molecule has 0 radical (unpaired) electrons. The molecule has 2 heterocycles. The second-order valence-corrected chi connectivity index (χ2v) is 7.07. The van der Waals surface area contributed by atoms with E-state index in [1.807, 2.05) is 0 Å². The van der Waals surface area contributed by atoms with Crippen LogP contribution in [0.3, 0.4) is 0 Å². The van der Waals surface area contributed by atoms with Crippen molar-refractivity contribution >= 4 is 5.91 Å². The van der Waals surface area contributed by atoms with Crippen LogP contribution < -0.4 is 0 Å². The predicted octanol–water partition coefficient (Wildman–Crippen LogP) is 0.918. The van der Waals surface area contributed by atoms with Crippen LogP contribution in [0.5, 0.6) is 0 Å². The first-order valence-electron chi connectivity index (χ1n) is 9.15. The first-order chi connectivity index (χ1) is 10.7. The van der Waals surface area contributed by atoms with Gasteiger partial charge in [0.1, 0.15) is 0 Å². The van der Waals surface area contributed by atoms with E-state index in [-0.39, 0.29) is 12.1 Å². The standard InChI is InChI=1S/C17H31N3O2/c1-2-18-9-4-3-6-15(18)17(22)20-12-10-19(11-13-20)14-7-5-8-16(14)21/h14-16,21H,2-13H2,1H3. The van der Waals surface area contributed by atoms with Gasteiger partial charge < -0.3 is 10.0 Å². The lowest BCUT2D eigenvalue weighted by Gasteiger charge is -2.42. The van der Waals surface area contributed by atoms with E-state index in [0.717, 1.165) is 65.0 Å². The van der Waals surface area contributed by atoms with Gasteiger partial charge in [-0.3, -0.25) is 14.6 Å². The van der Waals surface area contributed by atoms with Crippen LogP contribution in [-0.2, 0) is 4.79 Å². The number of likely N-dealkylation sites (N-methyl/N-ethyl adjacent to an activating group) is 1. The van der Waals surface area contributed by atoms with Gasteiger partial charge in [0.25, 0.3) is 0 Å². The van der Waals surface area contributed by atoms with Crippen molar-refractivity contribution in [2.45, 2.75) is 63.6 Å². The van der Waals surface area contributed by atoms with Crippen LogP contribution in [0, 0.1) is 0 Å². The van der Waals surface area contributed by atoms with E-state index in [2.05, 4.69) is 21.6 Å². The van der Waals surface area contributed by atoms with Crippen LogP contribution in [0.15, 0.2) is 0 Å². The summed E-state index contributed by atoms with van der Waals surface area (Å²) < 4.78 is 0. The number of hydrogen-bond donors (Lipinski definition) is 1. The number of amides is 1. The molecule has 5 nitrogen and oxygen atoms in total. The van der Waals surface area contributed by atoms with Gasteiger partial charge in [0.2, 0.25) is 5.91 Å². The smallest absolute Gasteiger partial charge is 0.240 e. The van der Waals surface area contributed by atoms with E-state index in [0.29, 0.717) is 11.9 Å². The minimum absolute atomic E-state index is 0.113. The summed E-state index contributed by atoms with van der Waals surface area (Å²) in [5.41, 5.74) is 0. The molecule has 22 heavy (non-hydrogen) atoms. The third kappa shape index (κ3) is 3.31. The number of rotatable bonds is 3. The third-order valence-electron chi connectivity index (χ3n) is 5.84. The largest absolute Gasteiger partial charge is 0.391 e. The van der Waals surface area contributed by atoms with E-state index in [9.17, 15) is 9.90 Å². The second-order valence-electron chi connectivity index (χ2n) is 7.07. The van der Waals surface area contributed by atoms with Crippen molar-refractivity contribution < 1.29 is 9.90 Å². The Balaban J connectivity index is 1.53. The molecule has 5 heteroatoms. The number of nitrogens with zero attached hydrogens (tertiary/aromatic N) is 3. The molecule has 0 aromatic heterocycles. The van der Waals surface area contributed by atoms with Crippen molar-refractivity contribution in [1.29, 1.82) is 0 Å². The minimum atomic E-state index is -0.156. The fourth-order valence-corrected chi connectivity index (χ4v) is 4.48. The Morgan fingerprint density at radius 3 is 2.41 bits per heavy atom. The zero-order valence-electron chi connectivity index (χ0n) is 13.9. The number of carbonyl (C=O) groups is 1. The molecule has 0 aromatic carbocycles. The van der Waals surface area contributed by atoms with Crippen LogP contribution >= 0.6 is 0 Å². The Hall–Kier alpha value is -0.650. The third-order valence-corrected chi connectivity index (χ3v) is 5.84. The molecule has 1 saturated carbocycles. The summed E-state index contributed by atoms with van der Waals surface area (Å²) in [6.07, 6.45) is 6.47. The van der Waals surface area contributed by atoms with Crippen molar-refractivity contribution in [3.8, 4) is 0 Å². The quantitative estimate of drug-likeness (QED) is 0.842. The van der Waals surface area contributed by atoms with Crippen LogP contribution in [0.2, 0.25) is 0 Å². The molecule has 3 fully saturated rings. The van der Waals surface area contributed by atoms with Gasteiger partial charge in [-0.2, -0.15) is 0 Å². The molecule has 1 amide bonds. The van der Waals surface area contributed by atoms with E-state index < -0.39 is 0 Å². The molecular formula is C17H31N3O2. The number of piperidine rings is 1. The number of aliphatic hydroxyl groups excluding tert-OH is 1. The van der Waals surface area contributed by atoms with Crippen molar-refractivity contribution in [2.24, 2.45) is 0 Å². The molecular weight excluding hydrogens is 278 g/mol. The molecule has 3 aliphatic rings. The summed E-state index contributed by atoms with van der Waals surface area (Å²) in [5, 5.41) is 10.1. The van der Waals surface area contributed by atoms with Crippen LogP contribution in [-0.4, -0.2) is 83.2 Å².